The van der Waals surface area contributed by atoms with Crippen molar-refractivity contribution in [2.75, 3.05) is 5.32 Å². The van der Waals surface area contributed by atoms with Crippen LogP contribution in [0.25, 0.3) is 0 Å². The van der Waals surface area contributed by atoms with Gasteiger partial charge in [-0.15, -0.1) is 0 Å². The van der Waals surface area contributed by atoms with Gasteiger partial charge in [-0.3, -0.25) is 5.10 Å². The third-order valence-corrected chi connectivity index (χ3v) is 5.82. The number of nitrogens with zero attached hydrogens (tertiary/aromatic N) is 1. The highest BCUT2D eigenvalue weighted by molar-refractivity contribution is 7.98. The van der Waals surface area contributed by atoms with Crippen LogP contribution in [0.3, 0.4) is 0 Å². The first-order valence-electron chi connectivity index (χ1n) is 8.26. The van der Waals surface area contributed by atoms with Crippen molar-refractivity contribution in [3.05, 3.63) is 40.8 Å². The SMILES string of the molecule is NC(=O)OC1CCC(c2cc(Nc3ccc4c(c3F)CSC4)n[nH]2)C1. The van der Waals surface area contributed by atoms with Gasteiger partial charge in [-0.2, -0.15) is 16.9 Å². The van der Waals surface area contributed by atoms with Crippen LogP contribution >= 0.6 is 11.8 Å². The van der Waals surface area contributed by atoms with Crippen LogP contribution in [-0.4, -0.2) is 22.4 Å². The summed E-state index contributed by atoms with van der Waals surface area (Å²) in [4.78, 5) is 10.9. The van der Waals surface area contributed by atoms with Crippen LogP contribution in [0.4, 0.5) is 20.7 Å². The summed E-state index contributed by atoms with van der Waals surface area (Å²) in [6, 6.07) is 5.62. The third kappa shape index (κ3) is 3.30. The predicted octanol–water partition coefficient (Wildman–Crippen LogP) is 3.77. The summed E-state index contributed by atoms with van der Waals surface area (Å²) < 4.78 is 19.6. The van der Waals surface area contributed by atoms with Crippen molar-refractivity contribution >= 4 is 29.4 Å². The predicted molar refractivity (Wildman–Crippen MR) is 94.3 cm³/mol. The van der Waals surface area contributed by atoms with Crippen molar-refractivity contribution in [1.29, 1.82) is 0 Å². The molecule has 0 spiro atoms. The zero-order valence-corrected chi connectivity index (χ0v) is 14.4. The lowest BCUT2D eigenvalue weighted by Crippen LogP contribution is -2.20. The molecule has 2 aromatic rings. The summed E-state index contributed by atoms with van der Waals surface area (Å²) in [6.45, 7) is 0. The molecule has 0 radical (unpaired) electrons. The van der Waals surface area contributed by atoms with Crippen LogP contribution in [0.1, 0.15) is 42.0 Å². The number of nitrogens with one attached hydrogen (secondary N) is 2. The molecule has 1 aromatic heterocycles. The molecule has 0 bridgehead atoms. The van der Waals surface area contributed by atoms with Crippen molar-refractivity contribution in [3.8, 4) is 0 Å². The molecule has 1 fully saturated rings. The molecule has 2 heterocycles. The molecule has 8 heteroatoms. The fourth-order valence-electron chi connectivity index (χ4n) is 3.55. The number of H-pyrrole nitrogens is 1. The van der Waals surface area contributed by atoms with E-state index in [1.807, 2.05) is 12.1 Å². The second-order valence-electron chi connectivity index (χ2n) is 6.46. The Bertz CT molecular complexity index is 810. The van der Waals surface area contributed by atoms with E-state index in [0.717, 1.165) is 41.8 Å². The average Bonchev–Trinajstić information content (AvgIpc) is 3.29. The Morgan fingerprint density at radius 2 is 2.28 bits per heavy atom. The quantitative estimate of drug-likeness (QED) is 0.770. The van der Waals surface area contributed by atoms with Gasteiger partial charge < -0.3 is 15.8 Å². The maximum atomic E-state index is 14.6. The van der Waals surface area contributed by atoms with E-state index in [1.165, 1.54) is 0 Å². The van der Waals surface area contributed by atoms with E-state index in [9.17, 15) is 9.18 Å². The highest BCUT2D eigenvalue weighted by Crippen LogP contribution is 2.37. The lowest BCUT2D eigenvalue weighted by atomic mass is 10.0. The van der Waals surface area contributed by atoms with Gasteiger partial charge in [-0.1, -0.05) is 6.07 Å². The number of aromatic nitrogens is 2. The molecule has 2 unspecified atom stereocenters. The summed E-state index contributed by atoms with van der Waals surface area (Å²) in [5.74, 6) is 2.21. The van der Waals surface area contributed by atoms with Crippen molar-refractivity contribution in [1.82, 2.24) is 10.2 Å². The maximum Gasteiger partial charge on any atom is 0.404 e. The number of fused-ring (bicyclic) bond motifs is 1. The third-order valence-electron chi connectivity index (χ3n) is 4.81. The molecule has 4 rings (SSSR count). The number of carbonyl (C=O) groups is 1. The van der Waals surface area contributed by atoms with Gasteiger partial charge in [0, 0.05) is 34.7 Å². The monoisotopic (exact) mass is 362 g/mol. The number of halogens is 1. The number of anilines is 2. The van der Waals surface area contributed by atoms with Gasteiger partial charge >= 0.3 is 6.09 Å². The van der Waals surface area contributed by atoms with Crippen LogP contribution in [0, 0.1) is 5.82 Å². The molecule has 1 amide bonds. The van der Waals surface area contributed by atoms with E-state index >= 15 is 0 Å². The van der Waals surface area contributed by atoms with Crippen LogP contribution < -0.4 is 11.1 Å². The molecule has 2 atom stereocenters. The Kier molecular flexibility index (Phi) is 4.29. The molecule has 2 aliphatic rings. The lowest BCUT2D eigenvalue weighted by molar-refractivity contribution is 0.109. The Hall–Kier alpha value is -2.22. The molecule has 132 valence electrons. The van der Waals surface area contributed by atoms with Gasteiger partial charge in [0.2, 0.25) is 0 Å². The Labute approximate surface area is 148 Å². The molecular formula is C17H19FN4O2S. The van der Waals surface area contributed by atoms with Crippen LogP contribution in [0.5, 0.6) is 0 Å². The number of aromatic amines is 1. The van der Waals surface area contributed by atoms with Crippen LogP contribution in [0.15, 0.2) is 18.2 Å². The molecular weight excluding hydrogens is 343 g/mol. The number of carbonyl (C=O) groups excluding carboxylic acids is 1. The molecule has 6 nitrogen and oxygen atoms in total. The second-order valence-corrected chi connectivity index (χ2v) is 7.45. The Morgan fingerprint density at radius 3 is 3.12 bits per heavy atom. The average molecular weight is 362 g/mol. The second kappa shape index (κ2) is 6.59. The smallest absolute Gasteiger partial charge is 0.404 e. The van der Waals surface area contributed by atoms with Gasteiger partial charge in [0.05, 0.1) is 5.69 Å². The largest absolute Gasteiger partial charge is 0.446 e. The van der Waals surface area contributed by atoms with E-state index in [4.69, 9.17) is 10.5 Å². The molecule has 1 aliphatic heterocycles. The number of nitrogens with two attached hydrogens (primary N) is 1. The summed E-state index contributed by atoms with van der Waals surface area (Å²) in [5.41, 5.74) is 8.33. The number of hydrogen-bond acceptors (Lipinski definition) is 5. The number of amides is 1. The van der Waals surface area contributed by atoms with Gasteiger partial charge in [0.15, 0.2) is 11.6 Å². The highest BCUT2D eigenvalue weighted by Gasteiger charge is 2.29. The molecule has 1 saturated carbocycles. The van der Waals surface area contributed by atoms with Crippen LogP contribution in [-0.2, 0) is 16.2 Å². The zero-order valence-electron chi connectivity index (χ0n) is 13.5. The number of ether oxygens (including phenoxy) is 1. The zero-order chi connectivity index (χ0) is 17.4. The summed E-state index contributed by atoms with van der Waals surface area (Å²) in [5, 5.41) is 10.3. The molecule has 25 heavy (non-hydrogen) atoms. The van der Waals surface area contributed by atoms with Gasteiger partial charge in [0.25, 0.3) is 0 Å². The first kappa shape index (κ1) is 16.3. The minimum absolute atomic E-state index is 0.145. The van der Waals surface area contributed by atoms with Gasteiger partial charge in [-0.05, 0) is 30.9 Å². The lowest BCUT2D eigenvalue weighted by Gasteiger charge is -2.09. The van der Waals surface area contributed by atoms with Crippen molar-refractivity contribution < 1.29 is 13.9 Å². The highest BCUT2D eigenvalue weighted by atomic mass is 32.2. The van der Waals surface area contributed by atoms with Crippen LogP contribution in [0.2, 0.25) is 0 Å². The first-order valence-corrected chi connectivity index (χ1v) is 9.42. The van der Waals surface area contributed by atoms with Gasteiger partial charge in [0.1, 0.15) is 6.10 Å². The fraction of sp³-hybridized carbons (Fsp3) is 0.412. The van der Waals surface area contributed by atoms with Crippen molar-refractivity contribution in [3.63, 3.8) is 0 Å². The number of rotatable bonds is 4. The molecule has 4 N–H and O–H groups in total. The maximum absolute atomic E-state index is 14.6. The van der Waals surface area contributed by atoms with Crippen molar-refractivity contribution in [2.45, 2.75) is 42.8 Å². The Balaban J connectivity index is 1.45. The standard InChI is InChI=1S/C17H19FN4O2S/c18-16-12-8-25-7-10(12)2-4-13(16)20-15-6-14(21-22-15)9-1-3-11(5-9)24-17(19)23/h2,4,6,9,11H,1,3,5,7-8H2,(H2,19,23)(H2,20,21,22). The van der Waals surface area contributed by atoms with E-state index in [0.29, 0.717) is 17.3 Å². The van der Waals surface area contributed by atoms with E-state index in [2.05, 4.69) is 15.5 Å². The van der Waals surface area contributed by atoms with E-state index < -0.39 is 6.09 Å². The summed E-state index contributed by atoms with van der Waals surface area (Å²) in [6.07, 6.45) is 1.52. The minimum atomic E-state index is -0.733. The van der Waals surface area contributed by atoms with E-state index in [1.54, 1.807) is 17.8 Å². The number of benzene rings is 1. The summed E-state index contributed by atoms with van der Waals surface area (Å²) in [7, 11) is 0. The topological polar surface area (TPSA) is 93.0 Å². The van der Waals surface area contributed by atoms with E-state index in [-0.39, 0.29) is 17.8 Å². The fourth-order valence-corrected chi connectivity index (χ4v) is 4.66. The van der Waals surface area contributed by atoms with Crippen molar-refractivity contribution in [2.24, 2.45) is 5.73 Å². The normalized spacial score (nSPS) is 22.0. The minimum Gasteiger partial charge on any atom is -0.446 e. The summed E-state index contributed by atoms with van der Waals surface area (Å²) >= 11 is 1.72. The number of primary amides is 1. The number of thioether (sulfide) groups is 1. The molecule has 1 aromatic carbocycles. The Morgan fingerprint density at radius 1 is 1.40 bits per heavy atom. The number of hydrogen-bond donors (Lipinski definition) is 3. The first-order chi connectivity index (χ1) is 12.1. The van der Waals surface area contributed by atoms with Gasteiger partial charge in [-0.25, -0.2) is 9.18 Å². The molecule has 0 saturated heterocycles. The molecule has 1 aliphatic carbocycles.